The molecule has 7 heteroatoms. The molecule has 0 unspecified atom stereocenters. The van der Waals surface area contributed by atoms with E-state index in [2.05, 4.69) is 13.8 Å². The number of sulfonamides is 1. The second-order valence-corrected chi connectivity index (χ2v) is 9.62. The van der Waals surface area contributed by atoms with Gasteiger partial charge in [0.25, 0.3) is 0 Å². The maximum absolute atomic E-state index is 13.0. The lowest BCUT2D eigenvalue weighted by molar-refractivity contribution is 0.0472. The fourth-order valence-electron chi connectivity index (χ4n) is 3.64. The SMILES string of the molecule is C[C@H]1C[C@H](C)CN(S(=O)(=O)c2cccc(C(=O)OCc3ccc(C#N)cc3)c2)C1. The second-order valence-electron chi connectivity index (χ2n) is 7.68. The van der Waals surface area contributed by atoms with Crippen molar-refractivity contribution in [1.82, 2.24) is 4.31 Å². The van der Waals surface area contributed by atoms with Crippen molar-refractivity contribution in [2.45, 2.75) is 31.8 Å². The van der Waals surface area contributed by atoms with E-state index in [4.69, 9.17) is 10.00 Å². The molecule has 0 amide bonds. The Hall–Kier alpha value is -2.69. The molecule has 0 spiro atoms. The van der Waals surface area contributed by atoms with Crippen LogP contribution >= 0.6 is 0 Å². The van der Waals surface area contributed by atoms with Crippen molar-refractivity contribution in [3.63, 3.8) is 0 Å². The first-order chi connectivity index (χ1) is 13.8. The van der Waals surface area contributed by atoms with Gasteiger partial charge in [-0.2, -0.15) is 9.57 Å². The molecule has 1 aliphatic rings. The molecule has 2 aromatic rings. The number of ether oxygens (including phenoxy) is 1. The Bertz CT molecular complexity index is 1020. The van der Waals surface area contributed by atoms with Gasteiger partial charge >= 0.3 is 5.97 Å². The summed E-state index contributed by atoms with van der Waals surface area (Å²) in [6, 6.07) is 14.7. The monoisotopic (exact) mass is 412 g/mol. The average Bonchev–Trinajstić information content (AvgIpc) is 2.71. The van der Waals surface area contributed by atoms with E-state index >= 15 is 0 Å². The molecule has 152 valence electrons. The summed E-state index contributed by atoms with van der Waals surface area (Å²) in [7, 11) is -3.66. The number of piperidine rings is 1. The number of rotatable bonds is 5. The minimum Gasteiger partial charge on any atom is -0.457 e. The Morgan fingerprint density at radius 1 is 1.14 bits per heavy atom. The molecule has 1 fully saturated rings. The van der Waals surface area contributed by atoms with Crippen molar-refractivity contribution in [2.24, 2.45) is 11.8 Å². The predicted molar refractivity (Wildman–Crippen MR) is 108 cm³/mol. The van der Waals surface area contributed by atoms with Crippen LogP contribution in [0.15, 0.2) is 53.4 Å². The largest absolute Gasteiger partial charge is 0.457 e. The number of carbonyl (C=O) groups is 1. The highest BCUT2D eigenvalue weighted by molar-refractivity contribution is 7.89. The Morgan fingerprint density at radius 3 is 2.41 bits per heavy atom. The quantitative estimate of drug-likeness (QED) is 0.701. The predicted octanol–water partition coefficient (Wildman–Crippen LogP) is 3.58. The van der Waals surface area contributed by atoms with Crippen molar-refractivity contribution < 1.29 is 17.9 Å². The summed E-state index contributed by atoms with van der Waals surface area (Å²) < 4.78 is 32.9. The van der Waals surface area contributed by atoms with Gasteiger partial charge in [0.15, 0.2) is 0 Å². The highest BCUT2D eigenvalue weighted by Gasteiger charge is 2.32. The van der Waals surface area contributed by atoms with E-state index in [-0.39, 0.29) is 17.1 Å². The van der Waals surface area contributed by atoms with Crippen LogP contribution in [0.25, 0.3) is 0 Å². The Labute approximate surface area is 171 Å². The fraction of sp³-hybridized carbons (Fsp3) is 0.364. The summed E-state index contributed by atoms with van der Waals surface area (Å²) in [5, 5.41) is 8.82. The molecule has 0 aliphatic carbocycles. The third-order valence-electron chi connectivity index (χ3n) is 5.00. The fourth-order valence-corrected chi connectivity index (χ4v) is 5.37. The number of nitrogens with zero attached hydrogens (tertiary/aromatic N) is 2. The lowest BCUT2D eigenvalue weighted by Gasteiger charge is -2.34. The van der Waals surface area contributed by atoms with E-state index in [1.807, 2.05) is 6.07 Å². The van der Waals surface area contributed by atoms with Crippen molar-refractivity contribution >= 4 is 16.0 Å². The van der Waals surface area contributed by atoms with E-state index in [1.165, 1.54) is 16.4 Å². The van der Waals surface area contributed by atoms with E-state index in [0.29, 0.717) is 30.5 Å². The molecule has 0 aromatic heterocycles. The highest BCUT2D eigenvalue weighted by atomic mass is 32.2. The maximum atomic E-state index is 13.0. The van der Waals surface area contributed by atoms with Crippen molar-refractivity contribution in [3.05, 3.63) is 65.2 Å². The third kappa shape index (κ3) is 5.03. The van der Waals surface area contributed by atoms with Gasteiger partial charge in [0.1, 0.15) is 6.61 Å². The van der Waals surface area contributed by atoms with Gasteiger partial charge < -0.3 is 4.74 Å². The maximum Gasteiger partial charge on any atom is 0.338 e. The highest BCUT2D eigenvalue weighted by Crippen LogP contribution is 2.27. The van der Waals surface area contributed by atoms with Crippen molar-refractivity contribution in [2.75, 3.05) is 13.1 Å². The Morgan fingerprint density at radius 2 is 1.79 bits per heavy atom. The molecule has 1 aliphatic heterocycles. The Kier molecular flexibility index (Phi) is 6.36. The van der Waals surface area contributed by atoms with Crippen LogP contribution in [0.5, 0.6) is 0 Å². The second kappa shape index (κ2) is 8.76. The molecule has 1 heterocycles. The smallest absolute Gasteiger partial charge is 0.338 e. The van der Waals surface area contributed by atoms with Crippen LogP contribution in [-0.2, 0) is 21.4 Å². The van der Waals surface area contributed by atoms with Crippen LogP contribution in [0.1, 0.15) is 41.8 Å². The number of esters is 1. The van der Waals surface area contributed by atoms with Gasteiger partial charge in [0, 0.05) is 13.1 Å². The van der Waals surface area contributed by atoms with Gasteiger partial charge in [-0.3, -0.25) is 0 Å². The summed E-state index contributed by atoms with van der Waals surface area (Å²) in [4.78, 5) is 12.5. The zero-order chi connectivity index (χ0) is 21.0. The number of carbonyl (C=O) groups excluding carboxylic acids is 1. The van der Waals surface area contributed by atoms with Crippen LogP contribution in [0.2, 0.25) is 0 Å². The van der Waals surface area contributed by atoms with Gasteiger partial charge in [-0.25, -0.2) is 13.2 Å². The average molecular weight is 413 g/mol. The molecule has 1 saturated heterocycles. The van der Waals surface area contributed by atoms with E-state index in [1.54, 1.807) is 36.4 Å². The molecule has 0 saturated carbocycles. The Balaban J connectivity index is 1.72. The standard InChI is InChI=1S/C22H24N2O4S/c1-16-10-17(2)14-24(13-16)29(26,27)21-5-3-4-20(11-21)22(25)28-15-19-8-6-18(12-23)7-9-19/h3-9,11,16-17H,10,13-15H2,1-2H3/t16-,17-/m0/s1. The molecule has 2 atom stereocenters. The van der Waals surface area contributed by atoms with Crippen molar-refractivity contribution in [3.8, 4) is 6.07 Å². The van der Waals surface area contributed by atoms with Crippen LogP contribution < -0.4 is 0 Å². The molecule has 3 rings (SSSR count). The number of benzene rings is 2. The molecule has 0 N–H and O–H groups in total. The molecule has 6 nitrogen and oxygen atoms in total. The third-order valence-corrected chi connectivity index (χ3v) is 6.82. The lowest BCUT2D eigenvalue weighted by atomic mass is 9.94. The zero-order valence-electron chi connectivity index (χ0n) is 16.5. The lowest BCUT2D eigenvalue weighted by Crippen LogP contribution is -2.42. The van der Waals surface area contributed by atoms with Crippen LogP contribution in [0.4, 0.5) is 0 Å². The van der Waals surface area contributed by atoms with Gasteiger partial charge in [-0.15, -0.1) is 0 Å². The van der Waals surface area contributed by atoms with Crippen LogP contribution in [0, 0.1) is 23.2 Å². The van der Waals surface area contributed by atoms with Crippen molar-refractivity contribution in [1.29, 1.82) is 5.26 Å². The molecular weight excluding hydrogens is 388 g/mol. The van der Waals surface area contributed by atoms with Gasteiger partial charge in [0.2, 0.25) is 10.0 Å². The topological polar surface area (TPSA) is 87.5 Å². The number of hydrogen-bond donors (Lipinski definition) is 0. The first kappa shape index (κ1) is 21.0. The van der Waals surface area contributed by atoms with Gasteiger partial charge in [-0.1, -0.05) is 32.0 Å². The van der Waals surface area contributed by atoms with E-state index in [0.717, 1.165) is 12.0 Å². The van der Waals surface area contributed by atoms with Gasteiger partial charge in [-0.05, 0) is 54.2 Å². The minimum absolute atomic E-state index is 0.0443. The molecule has 0 radical (unpaired) electrons. The summed E-state index contributed by atoms with van der Waals surface area (Å²) in [6.45, 7) is 5.12. The van der Waals surface area contributed by atoms with Gasteiger partial charge in [0.05, 0.1) is 22.1 Å². The normalized spacial score (nSPS) is 20.0. The summed E-state index contributed by atoms with van der Waals surface area (Å²) >= 11 is 0. The number of nitriles is 1. The molecule has 0 bridgehead atoms. The van der Waals surface area contributed by atoms with Crippen LogP contribution in [0.3, 0.4) is 0 Å². The minimum atomic E-state index is -3.66. The van der Waals surface area contributed by atoms with Crippen LogP contribution in [-0.4, -0.2) is 31.8 Å². The zero-order valence-corrected chi connectivity index (χ0v) is 17.4. The molecule has 2 aromatic carbocycles. The summed E-state index contributed by atoms with van der Waals surface area (Å²) in [6.07, 6.45) is 1.01. The number of hydrogen-bond acceptors (Lipinski definition) is 5. The first-order valence-electron chi connectivity index (χ1n) is 9.56. The molecule has 29 heavy (non-hydrogen) atoms. The first-order valence-corrected chi connectivity index (χ1v) is 11.0. The molecular formula is C22H24N2O4S. The van der Waals surface area contributed by atoms with E-state index < -0.39 is 16.0 Å². The van der Waals surface area contributed by atoms with E-state index in [9.17, 15) is 13.2 Å². The summed E-state index contributed by atoms with van der Waals surface area (Å²) in [5.41, 5.74) is 1.47. The summed E-state index contributed by atoms with van der Waals surface area (Å²) in [5.74, 6) is 0.00924.